The van der Waals surface area contributed by atoms with Crippen molar-refractivity contribution in [3.05, 3.63) is 0 Å². The summed E-state index contributed by atoms with van der Waals surface area (Å²) in [6.07, 6.45) is 4.68. The first-order valence-electron chi connectivity index (χ1n) is 5.98. The van der Waals surface area contributed by atoms with Crippen molar-refractivity contribution >= 4 is 5.95 Å². The number of anilines is 1. The first-order chi connectivity index (χ1) is 8.13. The Labute approximate surface area is 101 Å². The SMILES string of the molecule is CC(C)Oc1nc(N)nc(OC2CCCC2)n1. The van der Waals surface area contributed by atoms with Gasteiger partial charge in [0.2, 0.25) is 5.95 Å². The number of nitrogens with two attached hydrogens (primary N) is 1. The predicted molar refractivity (Wildman–Crippen MR) is 62.9 cm³/mol. The van der Waals surface area contributed by atoms with Crippen molar-refractivity contribution in [3.63, 3.8) is 0 Å². The van der Waals surface area contributed by atoms with Crippen LogP contribution in [0, 0.1) is 0 Å². The molecule has 0 aliphatic heterocycles. The van der Waals surface area contributed by atoms with Gasteiger partial charge >= 0.3 is 12.0 Å². The molecule has 1 aliphatic carbocycles. The average Bonchev–Trinajstić information content (AvgIpc) is 2.67. The average molecular weight is 238 g/mol. The largest absolute Gasteiger partial charge is 0.461 e. The van der Waals surface area contributed by atoms with Gasteiger partial charge in [0, 0.05) is 0 Å². The molecular formula is C11H18N4O2. The van der Waals surface area contributed by atoms with E-state index in [9.17, 15) is 0 Å². The summed E-state index contributed by atoms with van der Waals surface area (Å²) < 4.78 is 11.0. The van der Waals surface area contributed by atoms with Crippen LogP contribution in [-0.4, -0.2) is 27.2 Å². The second kappa shape index (κ2) is 5.16. The van der Waals surface area contributed by atoms with Crippen LogP contribution in [0.15, 0.2) is 0 Å². The Balaban J connectivity index is 2.07. The van der Waals surface area contributed by atoms with Gasteiger partial charge in [0.1, 0.15) is 6.10 Å². The van der Waals surface area contributed by atoms with Crippen LogP contribution in [0.4, 0.5) is 5.95 Å². The smallest absolute Gasteiger partial charge is 0.324 e. The molecule has 0 unspecified atom stereocenters. The fraction of sp³-hybridized carbons (Fsp3) is 0.727. The van der Waals surface area contributed by atoms with Crippen LogP contribution >= 0.6 is 0 Å². The molecule has 0 amide bonds. The minimum atomic E-state index is -0.00358. The van der Waals surface area contributed by atoms with Gasteiger partial charge in [0.05, 0.1) is 6.10 Å². The molecule has 1 heterocycles. The van der Waals surface area contributed by atoms with Gasteiger partial charge in [-0.15, -0.1) is 4.98 Å². The van der Waals surface area contributed by atoms with Gasteiger partial charge in [0.15, 0.2) is 0 Å². The number of ether oxygens (including phenoxy) is 2. The first-order valence-corrected chi connectivity index (χ1v) is 5.98. The van der Waals surface area contributed by atoms with Crippen molar-refractivity contribution in [1.29, 1.82) is 0 Å². The fourth-order valence-electron chi connectivity index (χ4n) is 1.82. The van der Waals surface area contributed by atoms with E-state index in [2.05, 4.69) is 15.0 Å². The third-order valence-electron chi connectivity index (χ3n) is 2.53. The molecule has 17 heavy (non-hydrogen) atoms. The van der Waals surface area contributed by atoms with E-state index < -0.39 is 0 Å². The molecule has 0 bridgehead atoms. The normalized spacial score (nSPS) is 16.4. The van der Waals surface area contributed by atoms with Crippen molar-refractivity contribution < 1.29 is 9.47 Å². The maximum atomic E-state index is 5.66. The second-order valence-corrected chi connectivity index (χ2v) is 4.45. The van der Waals surface area contributed by atoms with Gasteiger partial charge < -0.3 is 15.2 Å². The van der Waals surface area contributed by atoms with Gasteiger partial charge in [0.25, 0.3) is 0 Å². The van der Waals surface area contributed by atoms with Crippen LogP contribution in [0.25, 0.3) is 0 Å². The zero-order chi connectivity index (χ0) is 12.3. The Morgan fingerprint density at radius 2 is 1.76 bits per heavy atom. The molecule has 94 valence electrons. The first kappa shape index (κ1) is 11.9. The number of aromatic nitrogens is 3. The molecule has 1 saturated carbocycles. The number of hydrogen-bond donors (Lipinski definition) is 1. The topological polar surface area (TPSA) is 83.2 Å². The van der Waals surface area contributed by atoms with E-state index in [1.54, 1.807) is 0 Å². The maximum Gasteiger partial charge on any atom is 0.324 e. The van der Waals surface area contributed by atoms with Gasteiger partial charge in [-0.05, 0) is 39.5 Å². The van der Waals surface area contributed by atoms with Gasteiger partial charge in [-0.25, -0.2) is 0 Å². The van der Waals surface area contributed by atoms with Crippen LogP contribution in [0.1, 0.15) is 39.5 Å². The highest BCUT2D eigenvalue weighted by Crippen LogP contribution is 2.23. The minimum absolute atomic E-state index is 0.00358. The Morgan fingerprint density at radius 1 is 1.12 bits per heavy atom. The molecule has 1 aliphatic rings. The van der Waals surface area contributed by atoms with Crippen LogP contribution in [0.2, 0.25) is 0 Å². The van der Waals surface area contributed by atoms with Crippen LogP contribution in [0.5, 0.6) is 12.0 Å². The Kier molecular flexibility index (Phi) is 3.61. The molecule has 0 radical (unpaired) electrons. The molecule has 1 aromatic rings. The molecule has 1 aromatic heterocycles. The summed E-state index contributed by atoms with van der Waals surface area (Å²) >= 11 is 0. The van der Waals surface area contributed by atoms with Crippen molar-refractivity contribution in [2.24, 2.45) is 0 Å². The zero-order valence-corrected chi connectivity index (χ0v) is 10.2. The Hall–Kier alpha value is -1.59. The van der Waals surface area contributed by atoms with Crippen molar-refractivity contribution in [1.82, 2.24) is 15.0 Å². The molecule has 2 N–H and O–H groups in total. The van der Waals surface area contributed by atoms with E-state index in [0.717, 1.165) is 12.8 Å². The number of nitrogen functional groups attached to an aromatic ring is 1. The third kappa shape index (κ3) is 3.44. The maximum absolute atomic E-state index is 5.66. The third-order valence-corrected chi connectivity index (χ3v) is 2.53. The lowest BCUT2D eigenvalue weighted by atomic mass is 10.3. The molecule has 2 rings (SSSR count). The Morgan fingerprint density at radius 3 is 2.41 bits per heavy atom. The van der Waals surface area contributed by atoms with Crippen molar-refractivity contribution in [2.45, 2.75) is 51.7 Å². The van der Waals surface area contributed by atoms with E-state index in [0.29, 0.717) is 0 Å². The Bertz CT molecular complexity index is 378. The highest BCUT2D eigenvalue weighted by Gasteiger charge is 2.18. The second-order valence-electron chi connectivity index (χ2n) is 4.45. The number of nitrogens with zero attached hydrogens (tertiary/aromatic N) is 3. The van der Waals surface area contributed by atoms with E-state index in [1.165, 1.54) is 12.8 Å². The highest BCUT2D eigenvalue weighted by atomic mass is 16.5. The molecule has 6 heteroatoms. The standard InChI is InChI=1S/C11H18N4O2/c1-7(2)16-10-13-9(12)14-11(15-10)17-8-5-3-4-6-8/h7-8H,3-6H2,1-2H3,(H2,12,13,14,15). The minimum Gasteiger partial charge on any atom is -0.461 e. The number of hydrogen-bond acceptors (Lipinski definition) is 6. The van der Waals surface area contributed by atoms with E-state index >= 15 is 0 Å². The molecule has 0 atom stereocenters. The van der Waals surface area contributed by atoms with E-state index in [-0.39, 0.29) is 30.2 Å². The summed E-state index contributed by atoms with van der Waals surface area (Å²) in [7, 11) is 0. The summed E-state index contributed by atoms with van der Waals surface area (Å²) in [5.41, 5.74) is 5.59. The molecule has 0 aromatic carbocycles. The molecular weight excluding hydrogens is 220 g/mol. The lowest BCUT2D eigenvalue weighted by molar-refractivity contribution is 0.179. The van der Waals surface area contributed by atoms with Crippen LogP contribution in [0.3, 0.4) is 0 Å². The quantitative estimate of drug-likeness (QED) is 0.857. The van der Waals surface area contributed by atoms with Crippen molar-refractivity contribution in [2.75, 3.05) is 5.73 Å². The number of rotatable bonds is 4. The lowest BCUT2D eigenvalue weighted by Crippen LogP contribution is -2.16. The summed E-state index contributed by atoms with van der Waals surface area (Å²) in [6, 6.07) is 0.487. The molecule has 6 nitrogen and oxygen atoms in total. The van der Waals surface area contributed by atoms with Crippen LogP contribution in [-0.2, 0) is 0 Å². The summed E-state index contributed by atoms with van der Waals surface area (Å²) in [5, 5.41) is 0. The van der Waals surface area contributed by atoms with Crippen molar-refractivity contribution in [3.8, 4) is 12.0 Å². The predicted octanol–water partition coefficient (Wildman–Crippen LogP) is 1.56. The summed E-state index contributed by atoms with van der Waals surface area (Å²) in [4.78, 5) is 12.0. The summed E-state index contributed by atoms with van der Waals surface area (Å²) in [6.45, 7) is 3.80. The van der Waals surface area contributed by atoms with E-state index in [1.807, 2.05) is 13.8 Å². The fourth-order valence-corrected chi connectivity index (χ4v) is 1.82. The summed E-state index contributed by atoms with van der Waals surface area (Å²) in [5.74, 6) is 0.128. The van der Waals surface area contributed by atoms with Gasteiger partial charge in [-0.1, -0.05) is 0 Å². The molecule has 1 fully saturated rings. The zero-order valence-electron chi connectivity index (χ0n) is 10.2. The monoisotopic (exact) mass is 238 g/mol. The van der Waals surface area contributed by atoms with Crippen LogP contribution < -0.4 is 15.2 Å². The van der Waals surface area contributed by atoms with Gasteiger partial charge in [-0.2, -0.15) is 9.97 Å². The molecule has 0 spiro atoms. The molecule has 0 saturated heterocycles. The lowest BCUT2D eigenvalue weighted by Gasteiger charge is -2.12. The van der Waals surface area contributed by atoms with E-state index in [4.69, 9.17) is 15.2 Å². The van der Waals surface area contributed by atoms with Gasteiger partial charge in [-0.3, -0.25) is 0 Å². The highest BCUT2D eigenvalue weighted by molar-refractivity contribution is 5.20.